The van der Waals surface area contributed by atoms with E-state index in [9.17, 15) is 0 Å². The lowest BCUT2D eigenvalue weighted by molar-refractivity contribution is 0.414. The van der Waals surface area contributed by atoms with Gasteiger partial charge in [-0.3, -0.25) is 0 Å². The number of hydrogen-bond acceptors (Lipinski definition) is 2. The van der Waals surface area contributed by atoms with Crippen LogP contribution in [0.25, 0.3) is 11.1 Å². The van der Waals surface area contributed by atoms with Crippen LogP contribution in [0.2, 0.25) is 12.1 Å². The van der Waals surface area contributed by atoms with Gasteiger partial charge >= 0.3 is 0 Å². The summed E-state index contributed by atoms with van der Waals surface area (Å²) in [6, 6.07) is 64.9. The molecular formula is C78H66O2Si. The maximum absolute atomic E-state index is 5.33. The van der Waals surface area contributed by atoms with Crippen LogP contribution in [0.3, 0.4) is 0 Å². The van der Waals surface area contributed by atoms with Crippen LogP contribution in [0.5, 0.6) is 11.5 Å². The summed E-state index contributed by atoms with van der Waals surface area (Å²) in [7, 11) is 0.836. The molecule has 0 radical (unpaired) electrons. The lowest BCUT2D eigenvalue weighted by Crippen LogP contribution is -2.36. The molecule has 0 amide bonds. The summed E-state index contributed by atoms with van der Waals surface area (Å²) >= 11 is 0. The van der Waals surface area contributed by atoms with Gasteiger partial charge in [-0.25, -0.2) is 0 Å². The third-order valence-electron chi connectivity index (χ3n) is 15.2. The molecule has 0 bridgehead atoms. The molecule has 0 fully saturated rings. The second-order valence-corrected chi connectivity index (χ2v) is 24.5. The second-order valence-electron chi connectivity index (χ2n) is 19.9. The molecule has 8 aromatic carbocycles. The van der Waals surface area contributed by atoms with E-state index in [1.807, 2.05) is 48.5 Å². The fourth-order valence-electron chi connectivity index (χ4n) is 10.4. The Morgan fingerprint density at radius 3 is 0.778 bits per heavy atom. The molecule has 2 nitrogen and oxygen atoms in total. The molecule has 0 saturated carbocycles. The van der Waals surface area contributed by atoms with Gasteiger partial charge in [-0.2, -0.15) is 0 Å². The highest BCUT2D eigenvalue weighted by atomic mass is 28.3. The van der Waals surface area contributed by atoms with Gasteiger partial charge in [0, 0.05) is 66.0 Å². The van der Waals surface area contributed by atoms with E-state index in [1.54, 1.807) is 14.2 Å². The Kier molecular flexibility index (Phi) is 18.6. The SMILES string of the molecule is CCc1cc(C#Cc2ccc(OC)cc2)c(CC)cc1C#Cc1ccc(C#CC2=C(c3ccccc3)C(c3ccccc3)=C(C#Cc3ccc(C#Cc4cc(CC)c(C#Cc5ccc(OC)cc5)cc4CC)cc3)[Si]2(CC)CC)cc1. The van der Waals surface area contributed by atoms with Crippen molar-refractivity contribution in [2.24, 2.45) is 0 Å². The molecule has 0 aliphatic carbocycles. The summed E-state index contributed by atoms with van der Waals surface area (Å²) in [5.41, 5.74) is 19.4. The van der Waals surface area contributed by atoms with Crippen molar-refractivity contribution in [3.05, 3.63) is 281 Å². The molecule has 0 N–H and O–H groups in total. The molecule has 0 unspecified atom stereocenters. The van der Waals surface area contributed by atoms with Crippen LogP contribution < -0.4 is 9.47 Å². The van der Waals surface area contributed by atoms with Gasteiger partial charge in [-0.05, 0) is 192 Å². The highest BCUT2D eigenvalue weighted by Crippen LogP contribution is 2.51. The van der Waals surface area contributed by atoms with Gasteiger partial charge in [0.15, 0.2) is 0 Å². The minimum Gasteiger partial charge on any atom is -0.497 e. The number of hydrogen-bond donors (Lipinski definition) is 0. The smallest absolute Gasteiger partial charge is 0.140 e. The van der Waals surface area contributed by atoms with Crippen LogP contribution in [0.4, 0.5) is 0 Å². The monoisotopic (exact) mass is 1060 g/mol. The maximum atomic E-state index is 5.33. The topological polar surface area (TPSA) is 18.5 Å². The predicted octanol–water partition coefficient (Wildman–Crippen LogP) is 16.4. The predicted molar refractivity (Wildman–Crippen MR) is 340 cm³/mol. The van der Waals surface area contributed by atoms with E-state index in [2.05, 4.69) is 246 Å². The first-order valence-corrected chi connectivity index (χ1v) is 30.7. The first-order valence-electron chi connectivity index (χ1n) is 28.3. The third kappa shape index (κ3) is 13.1. The molecular weight excluding hydrogens is 997 g/mol. The van der Waals surface area contributed by atoms with Gasteiger partial charge in [0.2, 0.25) is 0 Å². The minimum atomic E-state index is -2.51. The van der Waals surface area contributed by atoms with Crippen LogP contribution in [-0.4, -0.2) is 22.3 Å². The molecule has 0 spiro atoms. The molecule has 394 valence electrons. The maximum Gasteiger partial charge on any atom is 0.140 e. The van der Waals surface area contributed by atoms with Crippen molar-refractivity contribution in [3.63, 3.8) is 0 Å². The Bertz CT molecular complexity index is 3780. The zero-order valence-electron chi connectivity index (χ0n) is 47.9. The molecule has 1 aliphatic heterocycles. The zero-order chi connectivity index (χ0) is 56.6. The second kappa shape index (κ2) is 26.8. The Morgan fingerprint density at radius 1 is 0.296 bits per heavy atom. The van der Waals surface area contributed by atoms with E-state index in [0.717, 1.165) is 116 Å². The highest BCUT2D eigenvalue weighted by Gasteiger charge is 2.46. The average Bonchev–Trinajstić information content (AvgIpc) is 3.96. The number of rotatable bonds is 10. The summed E-state index contributed by atoms with van der Waals surface area (Å²) in [5.74, 6) is 44.3. The van der Waals surface area contributed by atoms with Crippen molar-refractivity contribution in [3.8, 4) is 82.5 Å². The van der Waals surface area contributed by atoms with E-state index < -0.39 is 8.07 Å². The van der Waals surface area contributed by atoms with Gasteiger partial charge in [0.05, 0.1) is 14.2 Å². The summed E-state index contributed by atoms with van der Waals surface area (Å²) < 4.78 is 10.7. The lowest BCUT2D eigenvalue weighted by Gasteiger charge is -2.27. The number of methoxy groups -OCH3 is 2. The van der Waals surface area contributed by atoms with Gasteiger partial charge < -0.3 is 9.47 Å². The molecule has 0 saturated heterocycles. The summed E-state index contributed by atoms with van der Waals surface area (Å²) in [6.07, 6.45) is 3.45. The van der Waals surface area contributed by atoms with Crippen molar-refractivity contribution >= 4 is 19.2 Å². The highest BCUT2D eigenvalue weighted by molar-refractivity contribution is 6.98. The van der Waals surface area contributed by atoms with E-state index in [1.165, 1.54) is 43.8 Å². The standard InChI is InChI=1S/C78H66O2Si/c1-9-63-55-71(45-35-61-37-47-73(79-7)48-38-61)65(11-3)53-69(63)43-33-57-25-29-59(30-26-57)41-51-75-77(67-21-17-15-18-22-67)78(68-23-19-16-20-24-68)76(81(75,13-5)14-6)52-42-60-31-27-58(28-32-60)34-44-70-54-66(12-4)72(56-64(70)10-2)46-36-62-39-49-74(80-8)50-40-62/h15-32,37-40,47-50,53-56H,9-14H2,1-8H3. The third-order valence-corrected chi connectivity index (χ3v) is 20.3. The van der Waals surface area contributed by atoms with Crippen LogP contribution >= 0.6 is 0 Å². The van der Waals surface area contributed by atoms with Gasteiger partial charge in [-0.15, -0.1) is 0 Å². The zero-order valence-corrected chi connectivity index (χ0v) is 48.9. The van der Waals surface area contributed by atoms with Gasteiger partial charge in [0.1, 0.15) is 19.6 Å². The van der Waals surface area contributed by atoms with Gasteiger partial charge in [0.25, 0.3) is 0 Å². The van der Waals surface area contributed by atoms with Crippen LogP contribution in [0.1, 0.15) is 131 Å². The molecule has 1 aliphatic rings. The minimum absolute atomic E-state index is 0.821. The molecule has 1 heterocycles. The Labute approximate surface area is 483 Å². The van der Waals surface area contributed by atoms with Crippen LogP contribution in [0, 0.1) is 71.0 Å². The normalized spacial score (nSPS) is 11.9. The summed E-state index contributed by atoms with van der Waals surface area (Å²) in [6.45, 7) is 13.4. The van der Waals surface area contributed by atoms with E-state index in [0.29, 0.717) is 0 Å². The number of aryl methyl sites for hydroxylation is 4. The van der Waals surface area contributed by atoms with E-state index >= 15 is 0 Å². The largest absolute Gasteiger partial charge is 0.497 e. The van der Waals surface area contributed by atoms with Crippen molar-refractivity contribution in [1.82, 2.24) is 0 Å². The van der Waals surface area contributed by atoms with E-state index in [-0.39, 0.29) is 0 Å². The van der Waals surface area contributed by atoms with Crippen molar-refractivity contribution in [1.29, 1.82) is 0 Å². The van der Waals surface area contributed by atoms with Gasteiger partial charge in [-0.1, -0.05) is 185 Å². The molecule has 8 aromatic rings. The lowest BCUT2D eigenvalue weighted by atomic mass is 9.91. The summed E-state index contributed by atoms with van der Waals surface area (Å²) in [4.78, 5) is 0. The fourth-order valence-corrected chi connectivity index (χ4v) is 14.7. The molecule has 0 aromatic heterocycles. The number of benzene rings is 8. The Balaban J connectivity index is 1.01. The Hall–Kier alpha value is -9.58. The number of ether oxygens (including phenoxy) is 2. The van der Waals surface area contributed by atoms with Crippen molar-refractivity contribution in [2.45, 2.75) is 79.3 Å². The molecule has 9 rings (SSSR count). The first kappa shape index (κ1) is 56.1. The number of allylic oxidation sites excluding steroid dienone is 4. The first-order chi connectivity index (χ1) is 39.7. The summed E-state index contributed by atoms with van der Waals surface area (Å²) in [5, 5.41) is 2.48. The Morgan fingerprint density at radius 2 is 0.543 bits per heavy atom. The van der Waals surface area contributed by atoms with E-state index in [4.69, 9.17) is 9.47 Å². The fraction of sp³-hybridized carbons (Fsp3) is 0.179. The molecule has 0 atom stereocenters. The molecule has 3 heteroatoms. The average molecular weight is 1060 g/mol. The van der Waals surface area contributed by atoms with Crippen LogP contribution in [0.15, 0.2) is 192 Å². The molecule has 81 heavy (non-hydrogen) atoms. The van der Waals surface area contributed by atoms with Crippen molar-refractivity contribution in [2.75, 3.05) is 14.2 Å². The van der Waals surface area contributed by atoms with Crippen LogP contribution in [-0.2, 0) is 25.7 Å². The van der Waals surface area contributed by atoms with Crippen molar-refractivity contribution < 1.29 is 9.47 Å². The quantitative estimate of drug-likeness (QED) is 0.100.